The average molecular weight is 468 g/mol. The zero-order valence-corrected chi connectivity index (χ0v) is 16.0. The van der Waals surface area contributed by atoms with Crippen molar-refractivity contribution in [3.8, 4) is 0 Å². The van der Waals surface area contributed by atoms with Gasteiger partial charge in [0.2, 0.25) is 0 Å². The lowest BCUT2D eigenvalue weighted by molar-refractivity contribution is 0.0519. The number of fused-ring (bicyclic) bond motifs is 1. The summed E-state index contributed by atoms with van der Waals surface area (Å²) in [7, 11) is 1.47. The Balaban J connectivity index is 2.64. The van der Waals surface area contributed by atoms with Gasteiger partial charge in [0.25, 0.3) is 0 Å². The van der Waals surface area contributed by atoms with Crippen molar-refractivity contribution in [1.82, 2.24) is 3.97 Å². The minimum absolute atomic E-state index is 0.282. The first kappa shape index (κ1) is 16.2. The molecule has 0 aliphatic carbocycles. The highest BCUT2D eigenvalue weighted by Gasteiger charge is 2.18. The summed E-state index contributed by atoms with van der Waals surface area (Å²) >= 11 is 5.79. The molecule has 3 nitrogen and oxygen atoms in total. The monoisotopic (exact) mass is 467 g/mol. The molecular weight excluding hydrogens is 453 g/mol. The first-order valence-electron chi connectivity index (χ1n) is 6.30. The average Bonchev–Trinajstić information content (AvgIpc) is 2.75. The number of hydrogen-bond donors (Lipinski definition) is 0. The molecule has 0 spiro atoms. The zero-order chi connectivity index (χ0) is 14.9. The van der Waals surface area contributed by atoms with Crippen LogP contribution in [0.4, 0.5) is 0 Å². The number of halogens is 2. The van der Waals surface area contributed by atoms with E-state index in [0.717, 1.165) is 15.4 Å². The third-order valence-corrected chi connectivity index (χ3v) is 5.45. The van der Waals surface area contributed by atoms with Gasteiger partial charge in [0.1, 0.15) is 5.69 Å². The number of esters is 1. The Kier molecular flexibility index (Phi) is 5.42. The van der Waals surface area contributed by atoms with Crippen LogP contribution in [0.15, 0.2) is 22.7 Å². The molecule has 0 fully saturated rings. The molecule has 6 heteroatoms. The number of aromatic nitrogens is 1. The quantitative estimate of drug-likeness (QED) is 0.436. The summed E-state index contributed by atoms with van der Waals surface area (Å²) in [6.07, 6.45) is 0. The fourth-order valence-corrected chi connectivity index (χ4v) is 4.58. The molecule has 0 aliphatic rings. The predicted molar refractivity (Wildman–Crippen MR) is 96.7 cm³/mol. The van der Waals surface area contributed by atoms with Crippen LogP contribution in [0.1, 0.15) is 42.7 Å². The zero-order valence-electron chi connectivity index (χ0n) is 11.4. The minimum atomic E-state index is -0.282. The van der Waals surface area contributed by atoms with Gasteiger partial charge in [0.05, 0.1) is 12.1 Å². The van der Waals surface area contributed by atoms with E-state index < -0.39 is 0 Å². The number of carbonyl (C=O) groups is 1. The summed E-state index contributed by atoms with van der Waals surface area (Å²) in [6.45, 7) is 6.51. The summed E-state index contributed by atoms with van der Waals surface area (Å²) in [4.78, 5) is 12.0. The van der Waals surface area contributed by atoms with Gasteiger partial charge >= 0.3 is 5.97 Å². The topological polar surface area (TPSA) is 31.2 Å². The molecule has 20 heavy (non-hydrogen) atoms. The van der Waals surface area contributed by atoms with Crippen molar-refractivity contribution in [1.29, 1.82) is 0 Å². The summed E-state index contributed by atoms with van der Waals surface area (Å²) < 4.78 is 8.09. The Morgan fingerprint density at radius 2 is 2.15 bits per heavy atom. The van der Waals surface area contributed by atoms with Gasteiger partial charge < -0.3 is 4.74 Å². The Labute approximate surface area is 143 Å². The van der Waals surface area contributed by atoms with Crippen LogP contribution in [-0.4, -0.2) is 16.5 Å². The number of benzene rings is 1. The van der Waals surface area contributed by atoms with Crippen molar-refractivity contribution >= 4 is 63.1 Å². The normalized spacial score (nSPS) is 11.3. The van der Waals surface area contributed by atoms with Gasteiger partial charge in [-0.2, -0.15) is 0 Å². The lowest BCUT2D eigenvalue weighted by atomic mass is 10.0. The molecule has 2 rings (SSSR count). The molecular formula is C14H15BrINO2S. The summed E-state index contributed by atoms with van der Waals surface area (Å²) in [6, 6.07) is 6.10. The van der Waals surface area contributed by atoms with E-state index in [1.54, 1.807) is 0 Å². The molecule has 0 saturated carbocycles. The fraction of sp³-hybridized carbons (Fsp3) is 0.357. The maximum atomic E-state index is 12.0. The largest absolute Gasteiger partial charge is 0.461 e. The number of carbonyl (C=O) groups excluding carboxylic acids is 1. The maximum absolute atomic E-state index is 12.0. The highest BCUT2D eigenvalue weighted by molar-refractivity contribution is 14.2. The van der Waals surface area contributed by atoms with Gasteiger partial charge in [-0.25, -0.2) is 4.79 Å². The lowest BCUT2D eigenvalue weighted by Gasteiger charge is -2.09. The van der Waals surface area contributed by atoms with E-state index in [1.165, 1.54) is 14.7 Å². The van der Waals surface area contributed by atoms with Gasteiger partial charge in [-0.05, 0) is 36.6 Å². The van der Waals surface area contributed by atoms with E-state index in [0.29, 0.717) is 18.2 Å². The highest BCUT2D eigenvalue weighted by Crippen LogP contribution is 2.35. The minimum Gasteiger partial charge on any atom is -0.461 e. The molecule has 0 bridgehead atoms. The Morgan fingerprint density at radius 1 is 1.45 bits per heavy atom. The molecule has 0 radical (unpaired) electrons. The van der Waals surface area contributed by atoms with Crippen molar-refractivity contribution in [2.24, 2.45) is 0 Å². The van der Waals surface area contributed by atoms with Crippen LogP contribution in [0, 0.1) is 0 Å². The summed E-state index contributed by atoms with van der Waals surface area (Å²) in [5.74, 6) is 0.144. The molecule has 1 aromatic carbocycles. The Bertz CT molecular complexity index is 654. The smallest absolute Gasteiger partial charge is 0.355 e. The van der Waals surface area contributed by atoms with Crippen molar-refractivity contribution in [3.05, 3.63) is 33.9 Å². The van der Waals surface area contributed by atoms with Gasteiger partial charge in [-0.3, -0.25) is 3.97 Å². The second kappa shape index (κ2) is 6.70. The highest BCUT2D eigenvalue weighted by atomic mass is 127. The van der Waals surface area contributed by atoms with Crippen LogP contribution < -0.4 is 0 Å². The van der Waals surface area contributed by atoms with Crippen LogP contribution in [0.25, 0.3) is 10.9 Å². The fourth-order valence-electron chi connectivity index (χ4n) is 2.09. The standard InChI is InChI=1S/C14H15BrINO2S/c1-4-19-14(18)13-6-9-5-10(8(2)3)11(15)7-12(9)17(13)20-16/h5-8H,4H2,1-3H3. The van der Waals surface area contributed by atoms with Crippen LogP contribution in [-0.2, 0) is 4.74 Å². The predicted octanol–water partition coefficient (Wildman–Crippen LogP) is 5.55. The van der Waals surface area contributed by atoms with Gasteiger partial charge in [-0.15, -0.1) is 0 Å². The lowest BCUT2D eigenvalue weighted by Crippen LogP contribution is -2.07. The molecule has 0 N–H and O–H groups in total. The molecule has 0 saturated heterocycles. The molecule has 0 amide bonds. The van der Waals surface area contributed by atoms with E-state index in [9.17, 15) is 4.79 Å². The first-order valence-corrected chi connectivity index (χ1v) is 10.4. The van der Waals surface area contributed by atoms with E-state index >= 15 is 0 Å². The molecule has 108 valence electrons. The molecule has 2 aromatic rings. The van der Waals surface area contributed by atoms with Crippen molar-refractivity contribution in [2.45, 2.75) is 26.7 Å². The summed E-state index contributed by atoms with van der Waals surface area (Å²) in [5.41, 5.74) is 2.83. The maximum Gasteiger partial charge on any atom is 0.355 e. The number of nitrogens with zero attached hydrogens (tertiary/aromatic N) is 1. The SMILES string of the molecule is CCOC(=O)c1cc2cc(C(C)C)c(Br)cc2n1SI. The van der Waals surface area contributed by atoms with Gasteiger partial charge in [0.15, 0.2) is 0 Å². The second-order valence-electron chi connectivity index (χ2n) is 4.70. The van der Waals surface area contributed by atoms with Crippen LogP contribution in [0.2, 0.25) is 0 Å². The third kappa shape index (κ3) is 3.01. The van der Waals surface area contributed by atoms with Crippen molar-refractivity contribution in [3.63, 3.8) is 0 Å². The molecule has 0 aliphatic heterocycles. The third-order valence-electron chi connectivity index (χ3n) is 3.05. The summed E-state index contributed by atoms with van der Waals surface area (Å²) in [5, 5.41) is 1.06. The molecule has 0 unspecified atom stereocenters. The van der Waals surface area contributed by atoms with Crippen molar-refractivity contribution < 1.29 is 9.53 Å². The Morgan fingerprint density at radius 3 is 2.70 bits per heavy atom. The van der Waals surface area contributed by atoms with E-state index in [2.05, 4.69) is 63.1 Å². The molecule has 1 aromatic heterocycles. The van der Waals surface area contributed by atoms with Crippen LogP contribution in [0.5, 0.6) is 0 Å². The number of ether oxygens (including phenoxy) is 1. The van der Waals surface area contributed by atoms with Crippen molar-refractivity contribution in [2.75, 3.05) is 6.61 Å². The van der Waals surface area contributed by atoms with E-state index in [-0.39, 0.29) is 5.97 Å². The number of hydrogen-bond acceptors (Lipinski definition) is 3. The van der Waals surface area contributed by atoms with Crippen LogP contribution >= 0.6 is 46.3 Å². The second-order valence-corrected chi connectivity index (χ2v) is 7.24. The Hall–Kier alpha value is -0.210. The van der Waals surface area contributed by atoms with Gasteiger partial charge in [-0.1, -0.05) is 29.8 Å². The number of rotatable bonds is 4. The van der Waals surface area contributed by atoms with Gasteiger partial charge in [0, 0.05) is 40.2 Å². The first-order chi connectivity index (χ1) is 9.49. The van der Waals surface area contributed by atoms with Crippen LogP contribution in [0.3, 0.4) is 0 Å². The molecule has 0 atom stereocenters. The van der Waals surface area contributed by atoms with E-state index in [1.807, 2.05) is 17.0 Å². The van der Waals surface area contributed by atoms with E-state index in [4.69, 9.17) is 4.74 Å². The molecule has 1 heterocycles.